The second kappa shape index (κ2) is 5.51. The highest BCUT2D eigenvalue weighted by Crippen LogP contribution is 2.14. The van der Waals surface area contributed by atoms with Crippen molar-refractivity contribution in [2.24, 2.45) is 5.10 Å². The van der Waals surface area contributed by atoms with Gasteiger partial charge in [-0.15, -0.1) is 0 Å². The Morgan fingerprint density at radius 2 is 1.63 bits per heavy atom. The summed E-state index contributed by atoms with van der Waals surface area (Å²) in [6.45, 7) is 0. The smallest absolute Gasteiger partial charge is 0.159 e. The highest BCUT2D eigenvalue weighted by Gasteiger charge is 2.02. The lowest BCUT2D eigenvalue weighted by Gasteiger charge is -2.01. The van der Waals surface area contributed by atoms with Crippen LogP contribution in [0.1, 0.15) is 5.56 Å². The van der Waals surface area contributed by atoms with Gasteiger partial charge in [0.1, 0.15) is 5.82 Å². The predicted molar refractivity (Wildman–Crippen MR) is 63.9 cm³/mol. The van der Waals surface area contributed by atoms with Gasteiger partial charge in [-0.25, -0.2) is 17.6 Å². The van der Waals surface area contributed by atoms with Gasteiger partial charge in [0.15, 0.2) is 17.5 Å². The van der Waals surface area contributed by atoms with Crippen molar-refractivity contribution < 1.29 is 17.6 Å². The van der Waals surface area contributed by atoms with Crippen molar-refractivity contribution >= 4 is 11.9 Å². The first-order valence-corrected chi connectivity index (χ1v) is 5.25. The third-order valence-electron chi connectivity index (χ3n) is 2.27. The summed E-state index contributed by atoms with van der Waals surface area (Å²) in [6, 6.07) is 6.16. The van der Waals surface area contributed by atoms with E-state index >= 15 is 0 Å². The summed E-state index contributed by atoms with van der Waals surface area (Å²) in [5, 5.41) is 3.65. The molecule has 2 nitrogen and oxygen atoms in total. The molecule has 0 atom stereocenters. The molecular formula is C13H8F4N2. The molecule has 0 aliphatic rings. The Labute approximate surface area is 106 Å². The van der Waals surface area contributed by atoms with Gasteiger partial charge in [-0.3, -0.25) is 5.43 Å². The Morgan fingerprint density at radius 3 is 2.32 bits per heavy atom. The quantitative estimate of drug-likeness (QED) is 0.512. The van der Waals surface area contributed by atoms with E-state index in [2.05, 4.69) is 10.5 Å². The zero-order valence-electron chi connectivity index (χ0n) is 9.50. The molecule has 2 aromatic carbocycles. The third kappa shape index (κ3) is 3.31. The number of anilines is 1. The Bertz CT molecular complexity index is 626. The Morgan fingerprint density at radius 1 is 0.842 bits per heavy atom. The van der Waals surface area contributed by atoms with Gasteiger partial charge in [-0.1, -0.05) is 6.07 Å². The number of hydrogen-bond acceptors (Lipinski definition) is 2. The lowest BCUT2D eigenvalue weighted by atomic mass is 10.2. The standard InChI is InChI=1S/C13H8F4N2/c14-9-2-4-13(12(17)6-9)19-18-7-8-1-3-10(15)11(16)5-8/h1-7,19H/b18-7-. The van der Waals surface area contributed by atoms with E-state index in [1.165, 1.54) is 18.3 Å². The molecule has 19 heavy (non-hydrogen) atoms. The number of hydrogen-bond donors (Lipinski definition) is 1. The van der Waals surface area contributed by atoms with Crippen LogP contribution in [0.25, 0.3) is 0 Å². The van der Waals surface area contributed by atoms with Gasteiger partial charge in [0.25, 0.3) is 0 Å². The van der Waals surface area contributed by atoms with Gasteiger partial charge in [-0.05, 0) is 29.8 Å². The lowest BCUT2D eigenvalue weighted by Crippen LogP contribution is -1.95. The van der Waals surface area contributed by atoms with Gasteiger partial charge in [0, 0.05) is 6.07 Å². The van der Waals surface area contributed by atoms with Crippen molar-refractivity contribution in [2.75, 3.05) is 5.43 Å². The second-order valence-electron chi connectivity index (χ2n) is 3.67. The maximum absolute atomic E-state index is 13.2. The zero-order valence-corrected chi connectivity index (χ0v) is 9.50. The minimum atomic E-state index is -1.00. The van der Waals surface area contributed by atoms with E-state index in [1.54, 1.807) is 0 Å². The average molecular weight is 268 g/mol. The van der Waals surface area contributed by atoms with Gasteiger partial charge in [0.2, 0.25) is 0 Å². The van der Waals surface area contributed by atoms with Crippen LogP contribution in [0.2, 0.25) is 0 Å². The van der Waals surface area contributed by atoms with Crippen molar-refractivity contribution in [3.63, 3.8) is 0 Å². The van der Waals surface area contributed by atoms with Crippen LogP contribution < -0.4 is 5.43 Å². The molecule has 2 aromatic rings. The largest absolute Gasteiger partial charge is 0.276 e. The molecule has 0 amide bonds. The average Bonchev–Trinajstić information content (AvgIpc) is 2.36. The molecule has 6 heteroatoms. The first-order chi connectivity index (χ1) is 9.06. The molecular weight excluding hydrogens is 260 g/mol. The molecule has 0 saturated heterocycles. The highest BCUT2D eigenvalue weighted by atomic mass is 19.2. The molecule has 1 N–H and O–H groups in total. The normalized spacial score (nSPS) is 10.9. The van der Waals surface area contributed by atoms with E-state index in [4.69, 9.17) is 0 Å². The van der Waals surface area contributed by atoms with Crippen LogP contribution in [-0.4, -0.2) is 6.21 Å². The molecule has 2 rings (SSSR count). The van der Waals surface area contributed by atoms with Crippen molar-refractivity contribution in [2.45, 2.75) is 0 Å². The monoisotopic (exact) mass is 268 g/mol. The zero-order chi connectivity index (χ0) is 13.8. The van der Waals surface area contributed by atoms with Crippen LogP contribution in [0.15, 0.2) is 41.5 Å². The molecule has 0 radical (unpaired) electrons. The topological polar surface area (TPSA) is 24.4 Å². The molecule has 0 heterocycles. The molecule has 0 aliphatic heterocycles. The summed E-state index contributed by atoms with van der Waals surface area (Å²) < 4.78 is 51.4. The minimum Gasteiger partial charge on any atom is -0.276 e. The lowest BCUT2D eigenvalue weighted by molar-refractivity contribution is 0.508. The van der Waals surface area contributed by atoms with Crippen LogP contribution in [0.5, 0.6) is 0 Å². The first kappa shape index (κ1) is 13.1. The summed E-state index contributed by atoms with van der Waals surface area (Å²) in [7, 11) is 0. The van der Waals surface area contributed by atoms with Gasteiger partial charge in [-0.2, -0.15) is 5.10 Å². The molecule has 98 valence electrons. The fraction of sp³-hybridized carbons (Fsp3) is 0. The number of nitrogens with one attached hydrogen (secondary N) is 1. The Hall–Kier alpha value is -2.37. The molecule has 0 bridgehead atoms. The van der Waals surface area contributed by atoms with E-state index in [-0.39, 0.29) is 5.69 Å². The number of hydrazone groups is 1. The number of benzene rings is 2. The summed E-state index contributed by atoms with van der Waals surface area (Å²) in [6.07, 6.45) is 1.19. The molecule has 0 aliphatic carbocycles. The minimum absolute atomic E-state index is 0.0276. The summed E-state index contributed by atoms with van der Waals surface area (Å²) >= 11 is 0. The fourth-order valence-electron chi connectivity index (χ4n) is 1.35. The van der Waals surface area contributed by atoms with Crippen LogP contribution >= 0.6 is 0 Å². The van der Waals surface area contributed by atoms with E-state index in [0.717, 1.165) is 18.2 Å². The van der Waals surface area contributed by atoms with Crippen LogP contribution in [0.4, 0.5) is 23.2 Å². The highest BCUT2D eigenvalue weighted by molar-refractivity contribution is 5.80. The number of rotatable bonds is 3. The molecule has 0 saturated carbocycles. The van der Waals surface area contributed by atoms with Crippen molar-refractivity contribution in [1.29, 1.82) is 0 Å². The predicted octanol–water partition coefficient (Wildman–Crippen LogP) is 3.69. The summed E-state index contributed by atoms with van der Waals surface area (Å²) in [5.74, 6) is -3.47. The number of halogens is 4. The van der Waals surface area contributed by atoms with Gasteiger partial charge >= 0.3 is 0 Å². The first-order valence-electron chi connectivity index (χ1n) is 5.25. The van der Waals surface area contributed by atoms with Gasteiger partial charge in [0.05, 0.1) is 11.9 Å². The summed E-state index contributed by atoms with van der Waals surface area (Å²) in [4.78, 5) is 0. The molecule has 0 fully saturated rings. The third-order valence-corrected chi connectivity index (χ3v) is 2.27. The van der Waals surface area contributed by atoms with Crippen molar-refractivity contribution in [1.82, 2.24) is 0 Å². The Balaban J connectivity index is 2.09. The van der Waals surface area contributed by atoms with E-state index in [9.17, 15) is 17.6 Å². The molecule has 0 aromatic heterocycles. The van der Waals surface area contributed by atoms with E-state index in [1.807, 2.05) is 0 Å². The van der Waals surface area contributed by atoms with Crippen molar-refractivity contribution in [3.05, 3.63) is 65.2 Å². The van der Waals surface area contributed by atoms with Crippen molar-refractivity contribution in [3.8, 4) is 0 Å². The summed E-state index contributed by atoms with van der Waals surface area (Å²) in [5.41, 5.74) is 2.61. The number of nitrogens with zero attached hydrogens (tertiary/aromatic N) is 1. The second-order valence-corrected chi connectivity index (χ2v) is 3.67. The van der Waals surface area contributed by atoms with E-state index in [0.29, 0.717) is 11.6 Å². The van der Waals surface area contributed by atoms with E-state index < -0.39 is 23.3 Å². The Kier molecular flexibility index (Phi) is 3.79. The van der Waals surface area contributed by atoms with Crippen LogP contribution in [0.3, 0.4) is 0 Å². The van der Waals surface area contributed by atoms with Crippen LogP contribution in [0, 0.1) is 23.3 Å². The fourth-order valence-corrected chi connectivity index (χ4v) is 1.35. The van der Waals surface area contributed by atoms with Crippen LogP contribution in [-0.2, 0) is 0 Å². The molecule has 0 spiro atoms. The van der Waals surface area contributed by atoms with Gasteiger partial charge < -0.3 is 0 Å². The SMILES string of the molecule is Fc1ccc(N/N=C\c2ccc(F)c(F)c2)c(F)c1. The maximum atomic E-state index is 13.2. The molecule has 0 unspecified atom stereocenters. The maximum Gasteiger partial charge on any atom is 0.159 e.